The molecule has 184 valence electrons. The van der Waals surface area contributed by atoms with Crippen molar-refractivity contribution in [3.63, 3.8) is 0 Å². The first-order valence-corrected chi connectivity index (χ1v) is 12.5. The number of hydroxylamine groups is 2. The number of nitrogens with zero attached hydrogens (tertiary/aromatic N) is 2. The summed E-state index contributed by atoms with van der Waals surface area (Å²) in [6, 6.07) is 5.00. The minimum Gasteiger partial charge on any atom is -0.426 e. The van der Waals surface area contributed by atoms with E-state index in [0.717, 1.165) is 6.42 Å². The molecule has 0 spiro atoms. The summed E-state index contributed by atoms with van der Waals surface area (Å²) in [5.74, 6) is -0.525. The van der Waals surface area contributed by atoms with Gasteiger partial charge in [-0.2, -0.15) is 5.06 Å². The van der Waals surface area contributed by atoms with Crippen molar-refractivity contribution in [1.82, 2.24) is 9.96 Å². The van der Waals surface area contributed by atoms with Gasteiger partial charge < -0.3 is 14.7 Å². The number of hydrogen-bond acceptors (Lipinski definition) is 7. The van der Waals surface area contributed by atoms with Crippen molar-refractivity contribution < 1.29 is 24.3 Å². The van der Waals surface area contributed by atoms with Crippen LogP contribution in [0.3, 0.4) is 0 Å². The summed E-state index contributed by atoms with van der Waals surface area (Å²) < 4.78 is 12.1. The van der Waals surface area contributed by atoms with E-state index in [0.29, 0.717) is 21.5 Å². The Morgan fingerprint density at radius 3 is 1.88 bits per heavy atom. The highest BCUT2D eigenvalue weighted by molar-refractivity contribution is 14.1. The van der Waals surface area contributed by atoms with Gasteiger partial charge in [-0.25, -0.2) is 0 Å². The summed E-state index contributed by atoms with van der Waals surface area (Å²) >= 11 is 2.09. The van der Waals surface area contributed by atoms with Crippen LogP contribution in [0.25, 0.3) is 0 Å². The molecule has 1 N–H and O–H groups in total. The van der Waals surface area contributed by atoms with Gasteiger partial charge in [0.2, 0.25) is 0 Å². The molecule has 0 saturated carbocycles. The molecule has 2 aliphatic rings. The average molecular weight is 572 g/mol. The van der Waals surface area contributed by atoms with E-state index in [1.54, 1.807) is 18.2 Å². The molecule has 0 radical (unpaired) electrons. The van der Waals surface area contributed by atoms with E-state index < -0.39 is 17.0 Å². The quantitative estimate of drug-likeness (QED) is 0.313. The lowest BCUT2D eigenvalue weighted by molar-refractivity contribution is -0.198. The fourth-order valence-electron chi connectivity index (χ4n) is 5.40. The number of ether oxygens (including phenoxy) is 2. The normalized spacial score (nSPS) is 28.0. The first kappa shape index (κ1) is 26.4. The minimum atomic E-state index is -0.738. The molecule has 2 aliphatic heterocycles. The van der Waals surface area contributed by atoms with Gasteiger partial charge in [-0.15, -0.1) is 0 Å². The lowest BCUT2D eigenvalue weighted by Gasteiger charge is -2.37. The second-order valence-electron chi connectivity index (χ2n) is 11.8. The summed E-state index contributed by atoms with van der Waals surface area (Å²) in [4.78, 5) is 28.2. The van der Waals surface area contributed by atoms with Crippen LogP contribution >= 0.6 is 22.6 Å². The average Bonchev–Trinajstić information content (AvgIpc) is 2.97. The molecule has 0 aromatic heterocycles. The van der Waals surface area contributed by atoms with E-state index in [-0.39, 0.29) is 28.9 Å². The fraction of sp³-hybridized carbons (Fsp3) is 0.680. The maximum absolute atomic E-state index is 13.0. The molecule has 2 atom stereocenters. The molecular formula is C25H37IN2O5. The Morgan fingerprint density at radius 2 is 1.42 bits per heavy atom. The molecule has 0 bridgehead atoms. The van der Waals surface area contributed by atoms with Crippen LogP contribution in [0.4, 0.5) is 0 Å². The molecule has 2 saturated heterocycles. The maximum atomic E-state index is 13.0. The van der Waals surface area contributed by atoms with Crippen LogP contribution in [0.5, 0.6) is 11.5 Å². The summed E-state index contributed by atoms with van der Waals surface area (Å²) in [5.41, 5.74) is -1.66. The topological polar surface area (TPSA) is 79.3 Å². The van der Waals surface area contributed by atoms with Crippen molar-refractivity contribution in [1.29, 1.82) is 0 Å². The molecular weight excluding hydrogens is 535 g/mol. The van der Waals surface area contributed by atoms with Crippen LogP contribution in [0, 0.1) is 15.4 Å². The molecule has 3 rings (SSSR count). The Bertz CT molecular complexity index is 956. The molecule has 1 aromatic rings. The lowest BCUT2D eigenvalue weighted by Crippen LogP contribution is -2.48. The van der Waals surface area contributed by atoms with E-state index in [9.17, 15) is 14.8 Å². The molecule has 2 fully saturated rings. The highest BCUT2D eigenvalue weighted by Gasteiger charge is 2.55. The number of hydrogen-bond donors (Lipinski definition) is 1. The standard InChI is InChI=1S/C25H37IN2O5/c1-22(2)13-16(24(5,6)27(22)9)21(30)33-19-11-10-15(12-18(19)26)32-20(29)17-14-23(3,4)28(31)25(17,7)8/h10-12,16-17,31H,13-14H2,1-9H3. The third kappa shape index (κ3) is 4.68. The van der Waals surface area contributed by atoms with E-state index in [1.165, 1.54) is 5.06 Å². The predicted molar refractivity (Wildman–Crippen MR) is 134 cm³/mol. The Morgan fingerprint density at radius 1 is 0.909 bits per heavy atom. The first-order valence-electron chi connectivity index (χ1n) is 11.4. The Kier molecular flexibility index (Phi) is 6.76. The molecule has 0 aliphatic carbocycles. The van der Waals surface area contributed by atoms with E-state index >= 15 is 0 Å². The van der Waals surface area contributed by atoms with Gasteiger partial charge in [0.15, 0.2) is 0 Å². The third-order valence-corrected chi connectivity index (χ3v) is 8.75. The van der Waals surface area contributed by atoms with Gasteiger partial charge in [-0.05, 0) is 116 Å². The number of rotatable bonds is 4. The zero-order chi connectivity index (χ0) is 25.1. The predicted octanol–water partition coefficient (Wildman–Crippen LogP) is 4.88. The Balaban J connectivity index is 1.71. The molecule has 0 amide bonds. The van der Waals surface area contributed by atoms with Gasteiger partial charge in [0.25, 0.3) is 0 Å². The number of esters is 2. The third-order valence-electron chi connectivity index (χ3n) is 7.91. The zero-order valence-corrected chi connectivity index (χ0v) is 23.3. The molecule has 7 nitrogen and oxygen atoms in total. The number of carbonyl (C=O) groups excluding carboxylic acids is 2. The molecule has 33 heavy (non-hydrogen) atoms. The van der Waals surface area contributed by atoms with Gasteiger partial charge in [0, 0.05) is 16.6 Å². The van der Waals surface area contributed by atoms with Crippen molar-refractivity contribution in [2.75, 3.05) is 7.05 Å². The summed E-state index contributed by atoms with van der Waals surface area (Å²) in [5, 5.41) is 11.7. The number of carbonyl (C=O) groups is 2. The Labute approximate surface area is 210 Å². The largest absolute Gasteiger partial charge is 0.426 e. The van der Waals surface area contributed by atoms with Crippen LogP contribution in [0.15, 0.2) is 18.2 Å². The van der Waals surface area contributed by atoms with Gasteiger partial charge in [0.05, 0.1) is 20.9 Å². The molecule has 2 unspecified atom stereocenters. The van der Waals surface area contributed by atoms with Crippen molar-refractivity contribution in [2.45, 2.75) is 90.4 Å². The highest BCUT2D eigenvalue weighted by Crippen LogP contribution is 2.45. The van der Waals surface area contributed by atoms with E-state index in [2.05, 4.69) is 55.2 Å². The Hall–Kier alpha value is -1.23. The summed E-state index contributed by atoms with van der Waals surface area (Å²) in [6.07, 6.45) is 1.21. The van der Waals surface area contributed by atoms with Gasteiger partial charge >= 0.3 is 11.9 Å². The van der Waals surface area contributed by atoms with Crippen molar-refractivity contribution in [2.24, 2.45) is 11.8 Å². The molecule has 2 heterocycles. The van der Waals surface area contributed by atoms with Gasteiger partial charge in [-0.3, -0.25) is 14.5 Å². The van der Waals surface area contributed by atoms with E-state index in [1.807, 2.05) is 34.7 Å². The zero-order valence-electron chi connectivity index (χ0n) is 21.2. The number of halogens is 1. The minimum absolute atomic E-state index is 0.0921. The first-order chi connectivity index (χ1) is 14.9. The van der Waals surface area contributed by atoms with E-state index in [4.69, 9.17) is 9.47 Å². The lowest BCUT2D eigenvalue weighted by atomic mass is 9.87. The molecule has 1 aromatic carbocycles. The van der Waals surface area contributed by atoms with Crippen molar-refractivity contribution >= 4 is 34.5 Å². The van der Waals surface area contributed by atoms with Crippen LogP contribution in [0.1, 0.15) is 68.2 Å². The van der Waals surface area contributed by atoms with Crippen LogP contribution in [-0.2, 0) is 9.59 Å². The highest BCUT2D eigenvalue weighted by atomic mass is 127. The monoisotopic (exact) mass is 572 g/mol. The molecule has 8 heteroatoms. The van der Waals surface area contributed by atoms with Crippen LogP contribution in [0.2, 0.25) is 0 Å². The maximum Gasteiger partial charge on any atom is 0.316 e. The number of likely N-dealkylation sites (tertiary alicyclic amines) is 1. The second kappa shape index (κ2) is 8.46. The van der Waals surface area contributed by atoms with Crippen molar-refractivity contribution in [3.05, 3.63) is 21.8 Å². The number of benzene rings is 1. The van der Waals surface area contributed by atoms with Crippen LogP contribution < -0.4 is 9.47 Å². The summed E-state index contributed by atoms with van der Waals surface area (Å²) in [6.45, 7) is 15.9. The SMILES string of the molecule is CN1C(C)(C)CC(C(=O)Oc2ccc(OC(=O)C3CC(C)(C)N(O)C3(C)C)cc2I)C1(C)C. The van der Waals surface area contributed by atoms with Crippen LogP contribution in [-0.4, -0.2) is 56.3 Å². The second-order valence-corrected chi connectivity index (χ2v) is 12.9. The smallest absolute Gasteiger partial charge is 0.316 e. The fourth-order valence-corrected chi connectivity index (χ4v) is 6.00. The summed E-state index contributed by atoms with van der Waals surface area (Å²) in [7, 11) is 2.04. The van der Waals surface area contributed by atoms with Crippen molar-refractivity contribution in [3.8, 4) is 11.5 Å². The van der Waals surface area contributed by atoms with Gasteiger partial charge in [-0.1, -0.05) is 0 Å². The van der Waals surface area contributed by atoms with Gasteiger partial charge in [0.1, 0.15) is 11.5 Å².